The van der Waals surface area contributed by atoms with Crippen molar-refractivity contribution in [1.29, 1.82) is 0 Å². The Morgan fingerprint density at radius 2 is 1.80 bits per heavy atom. The smallest absolute Gasteiger partial charge is 0.172 e. The van der Waals surface area contributed by atoms with Crippen LogP contribution in [0.15, 0.2) is 53.1 Å². The fraction of sp³-hybridized carbons (Fsp3) is 0.238. The molecule has 0 atom stereocenters. The monoisotopic (exact) mass is 492 g/mol. The summed E-state index contributed by atoms with van der Waals surface area (Å²) in [6.45, 7) is 1.18. The number of halogens is 2. The highest BCUT2D eigenvalue weighted by atomic mass is 79.9. The predicted octanol–water partition coefficient (Wildman–Crippen LogP) is 4.38. The zero-order valence-corrected chi connectivity index (χ0v) is 19.0. The average Bonchev–Trinajstić information content (AvgIpc) is 3.08. The van der Waals surface area contributed by atoms with Crippen molar-refractivity contribution < 1.29 is 13.9 Å². The molecule has 0 aliphatic carbocycles. The van der Waals surface area contributed by atoms with Crippen molar-refractivity contribution in [1.82, 2.24) is 15.1 Å². The quantitative estimate of drug-likeness (QED) is 0.455. The van der Waals surface area contributed by atoms with Gasteiger partial charge in [-0.15, -0.1) is 0 Å². The van der Waals surface area contributed by atoms with Crippen LogP contribution < -0.4 is 20.1 Å². The number of ether oxygens (including phenoxy) is 2. The first kappa shape index (κ1) is 22.0. The van der Waals surface area contributed by atoms with Crippen LogP contribution in [0.1, 0.15) is 11.1 Å². The minimum Gasteiger partial charge on any atom is -0.493 e. The molecular weight excluding hydrogens is 471 g/mol. The number of nitrogens with one attached hydrogen (secondary N) is 2. The second-order valence-corrected chi connectivity index (χ2v) is 7.73. The molecule has 6 nitrogen and oxygen atoms in total. The van der Waals surface area contributed by atoms with Gasteiger partial charge in [0.25, 0.3) is 0 Å². The van der Waals surface area contributed by atoms with Gasteiger partial charge in [0.2, 0.25) is 0 Å². The van der Waals surface area contributed by atoms with Gasteiger partial charge in [0.15, 0.2) is 22.4 Å². The van der Waals surface area contributed by atoms with Crippen LogP contribution in [0.4, 0.5) is 10.2 Å². The van der Waals surface area contributed by atoms with E-state index in [0.29, 0.717) is 35.5 Å². The van der Waals surface area contributed by atoms with Crippen LogP contribution in [0.3, 0.4) is 0 Å². The predicted molar refractivity (Wildman–Crippen MR) is 123 cm³/mol. The van der Waals surface area contributed by atoms with E-state index in [1.807, 2.05) is 24.4 Å². The Morgan fingerprint density at radius 1 is 1.10 bits per heavy atom. The molecule has 2 aromatic carbocycles. The van der Waals surface area contributed by atoms with Crippen molar-refractivity contribution in [2.45, 2.75) is 13.0 Å². The van der Waals surface area contributed by atoms with E-state index >= 15 is 0 Å². The zero-order valence-electron chi connectivity index (χ0n) is 16.6. The lowest BCUT2D eigenvalue weighted by atomic mass is 10.1. The summed E-state index contributed by atoms with van der Waals surface area (Å²) in [5, 5.41) is 11.2. The third kappa shape index (κ3) is 5.93. The van der Waals surface area contributed by atoms with Crippen LogP contribution in [0, 0.1) is 5.82 Å². The highest BCUT2D eigenvalue weighted by Gasteiger charge is 2.09. The highest BCUT2D eigenvalue weighted by Crippen LogP contribution is 2.27. The molecule has 0 amide bonds. The lowest BCUT2D eigenvalue weighted by Gasteiger charge is -2.11. The molecule has 1 heterocycles. The van der Waals surface area contributed by atoms with Crippen LogP contribution in [-0.4, -0.2) is 35.7 Å². The molecule has 0 unspecified atom stereocenters. The maximum absolute atomic E-state index is 13.0. The molecule has 30 heavy (non-hydrogen) atoms. The van der Waals surface area contributed by atoms with Crippen LogP contribution in [0.25, 0.3) is 0 Å². The van der Waals surface area contributed by atoms with Crippen LogP contribution >= 0.6 is 28.1 Å². The van der Waals surface area contributed by atoms with E-state index in [1.165, 1.54) is 12.1 Å². The Hall–Kier alpha value is -2.65. The van der Waals surface area contributed by atoms with Gasteiger partial charge in [0.1, 0.15) is 5.82 Å². The SMILES string of the molecule is COc1ccc(CCNC(=S)Nc2nn(Cc3ccc(F)cc3)cc2Br)cc1OC. The number of thiocarbonyl (C=S) groups is 1. The molecule has 3 aromatic rings. The maximum Gasteiger partial charge on any atom is 0.172 e. The average molecular weight is 493 g/mol. The Kier molecular flexibility index (Phi) is 7.64. The number of aromatic nitrogens is 2. The van der Waals surface area contributed by atoms with Gasteiger partial charge in [-0.3, -0.25) is 4.68 Å². The van der Waals surface area contributed by atoms with Gasteiger partial charge in [-0.25, -0.2) is 4.39 Å². The first-order valence-corrected chi connectivity index (χ1v) is 10.4. The third-order valence-electron chi connectivity index (χ3n) is 4.35. The van der Waals surface area contributed by atoms with Gasteiger partial charge in [0.05, 0.1) is 25.2 Å². The second kappa shape index (κ2) is 10.4. The van der Waals surface area contributed by atoms with E-state index in [1.54, 1.807) is 31.0 Å². The van der Waals surface area contributed by atoms with Gasteiger partial charge >= 0.3 is 0 Å². The van der Waals surface area contributed by atoms with Crippen LogP contribution in [0.2, 0.25) is 0 Å². The molecule has 2 N–H and O–H groups in total. The molecule has 0 fully saturated rings. The molecule has 158 valence electrons. The Bertz CT molecular complexity index is 1010. The summed E-state index contributed by atoms with van der Waals surface area (Å²) >= 11 is 8.86. The lowest BCUT2D eigenvalue weighted by Crippen LogP contribution is -2.30. The molecule has 0 bridgehead atoms. The summed E-state index contributed by atoms with van der Waals surface area (Å²) in [6.07, 6.45) is 2.61. The van der Waals surface area contributed by atoms with Gasteiger partial charge in [-0.05, 0) is 70.0 Å². The number of methoxy groups -OCH3 is 2. The molecule has 9 heteroatoms. The van der Waals surface area contributed by atoms with E-state index in [9.17, 15) is 4.39 Å². The molecule has 1 aromatic heterocycles. The van der Waals surface area contributed by atoms with E-state index in [2.05, 4.69) is 31.7 Å². The standard InChI is InChI=1S/C21H22BrFN4O2S/c1-28-18-8-5-14(11-19(18)29-2)9-10-24-21(30)25-20-17(22)13-27(26-20)12-15-3-6-16(23)7-4-15/h3-8,11,13H,9-10,12H2,1-2H3,(H2,24,25,26,30). The van der Waals surface area contributed by atoms with Crippen LogP contribution in [-0.2, 0) is 13.0 Å². The van der Waals surface area contributed by atoms with E-state index in [4.69, 9.17) is 21.7 Å². The fourth-order valence-corrected chi connectivity index (χ4v) is 3.46. The molecule has 0 aliphatic heterocycles. The molecule has 0 saturated carbocycles. The summed E-state index contributed by atoms with van der Waals surface area (Å²) in [7, 11) is 3.23. The molecular formula is C21H22BrFN4O2S. The topological polar surface area (TPSA) is 60.3 Å². The number of anilines is 1. The molecule has 0 radical (unpaired) electrons. The first-order chi connectivity index (χ1) is 14.5. The van der Waals surface area contributed by atoms with Crippen LogP contribution in [0.5, 0.6) is 11.5 Å². The normalized spacial score (nSPS) is 10.5. The van der Waals surface area contributed by atoms with Gasteiger partial charge in [-0.1, -0.05) is 18.2 Å². The minimum atomic E-state index is -0.257. The van der Waals surface area contributed by atoms with E-state index < -0.39 is 0 Å². The summed E-state index contributed by atoms with van der Waals surface area (Å²) in [5.41, 5.74) is 2.06. The Labute approximate surface area is 188 Å². The number of nitrogens with zero attached hydrogens (tertiary/aromatic N) is 2. The summed E-state index contributed by atoms with van der Waals surface area (Å²) < 4.78 is 26.2. The van der Waals surface area contributed by atoms with Gasteiger partial charge in [-0.2, -0.15) is 5.10 Å². The van der Waals surface area contributed by atoms with E-state index in [-0.39, 0.29) is 5.82 Å². The number of hydrogen-bond donors (Lipinski definition) is 2. The van der Waals surface area contributed by atoms with Crippen molar-refractivity contribution >= 4 is 39.1 Å². The van der Waals surface area contributed by atoms with Gasteiger partial charge in [0, 0.05) is 12.7 Å². The minimum absolute atomic E-state index is 0.257. The van der Waals surface area contributed by atoms with Crippen molar-refractivity contribution in [2.75, 3.05) is 26.1 Å². The summed E-state index contributed by atoms with van der Waals surface area (Å²) in [6, 6.07) is 12.2. The zero-order chi connectivity index (χ0) is 21.5. The van der Waals surface area contributed by atoms with Crippen molar-refractivity contribution in [3.63, 3.8) is 0 Å². The first-order valence-electron chi connectivity index (χ1n) is 9.21. The number of benzene rings is 2. The van der Waals surface area contributed by atoms with Crippen molar-refractivity contribution in [3.8, 4) is 11.5 Å². The van der Waals surface area contributed by atoms with Crippen molar-refractivity contribution in [3.05, 3.63) is 70.1 Å². The van der Waals surface area contributed by atoms with Crippen molar-refractivity contribution in [2.24, 2.45) is 0 Å². The third-order valence-corrected chi connectivity index (χ3v) is 5.18. The highest BCUT2D eigenvalue weighted by molar-refractivity contribution is 9.10. The Morgan fingerprint density at radius 3 is 2.50 bits per heavy atom. The lowest BCUT2D eigenvalue weighted by molar-refractivity contribution is 0.354. The largest absolute Gasteiger partial charge is 0.493 e. The number of hydrogen-bond acceptors (Lipinski definition) is 4. The summed E-state index contributed by atoms with van der Waals surface area (Å²) in [5.74, 6) is 1.76. The molecule has 3 rings (SSSR count). The number of rotatable bonds is 8. The Balaban J connectivity index is 1.51. The van der Waals surface area contributed by atoms with Gasteiger partial charge < -0.3 is 20.1 Å². The molecule has 0 spiro atoms. The summed E-state index contributed by atoms with van der Waals surface area (Å²) in [4.78, 5) is 0. The maximum atomic E-state index is 13.0. The van der Waals surface area contributed by atoms with E-state index in [0.717, 1.165) is 22.0 Å². The molecule has 0 aliphatic rings. The molecule has 0 saturated heterocycles. The fourth-order valence-electron chi connectivity index (χ4n) is 2.85. The second-order valence-electron chi connectivity index (χ2n) is 6.47.